The van der Waals surface area contributed by atoms with Gasteiger partial charge in [0.15, 0.2) is 0 Å². The summed E-state index contributed by atoms with van der Waals surface area (Å²) < 4.78 is 21.6. The van der Waals surface area contributed by atoms with Crippen molar-refractivity contribution in [3.8, 4) is 11.5 Å². The zero-order valence-electron chi connectivity index (χ0n) is 20.5. The number of carbonyl (C=O) groups is 3. The van der Waals surface area contributed by atoms with Crippen LogP contribution in [0.25, 0.3) is 0 Å². The summed E-state index contributed by atoms with van der Waals surface area (Å²) in [7, 11) is 0. The monoisotopic (exact) mass is 490 g/mol. The Kier molecular flexibility index (Phi) is 9.63. The SMILES string of the molecule is C=CC(=O)OCCCCOc1ccc(C(=O)OC2=CCC(C(=O)Oc3ccc(C)cc3)C=C2C)cc1. The molecular weight excluding hydrogens is 460 g/mol. The average Bonchev–Trinajstić information content (AvgIpc) is 2.88. The van der Waals surface area contributed by atoms with Gasteiger partial charge in [-0.05, 0) is 81.2 Å². The quantitative estimate of drug-likeness (QED) is 0.178. The minimum Gasteiger partial charge on any atom is -0.494 e. The van der Waals surface area contributed by atoms with Crippen molar-refractivity contribution >= 4 is 17.9 Å². The Morgan fingerprint density at radius 3 is 2.25 bits per heavy atom. The number of aryl methyl sites for hydroxylation is 1. The summed E-state index contributed by atoms with van der Waals surface area (Å²) in [5.74, 6) is -0.181. The Balaban J connectivity index is 1.44. The molecule has 36 heavy (non-hydrogen) atoms. The maximum atomic E-state index is 12.6. The van der Waals surface area contributed by atoms with Crippen LogP contribution in [0, 0.1) is 12.8 Å². The number of ether oxygens (including phenoxy) is 4. The minimum atomic E-state index is -0.495. The van der Waals surface area contributed by atoms with Gasteiger partial charge >= 0.3 is 17.9 Å². The molecule has 7 heteroatoms. The molecule has 188 valence electrons. The molecule has 0 heterocycles. The van der Waals surface area contributed by atoms with Crippen molar-refractivity contribution in [1.29, 1.82) is 0 Å². The molecule has 0 aliphatic heterocycles. The number of benzene rings is 2. The van der Waals surface area contributed by atoms with Crippen molar-refractivity contribution in [2.24, 2.45) is 5.92 Å². The summed E-state index contributed by atoms with van der Waals surface area (Å²) in [5, 5.41) is 0. The number of rotatable bonds is 11. The van der Waals surface area contributed by atoms with E-state index in [0.717, 1.165) is 11.6 Å². The van der Waals surface area contributed by atoms with Crippen molar-refractivity contribution in [3.63, 3.8) is 0 Å². The normalized spacial score (nSPS) is 14.7. The fraction of sp³-hybridized carbons (Fsp3) is 0.276. The largest absolute Gasteiger partial charge is 0.494 e. The highest BCUT2D eigenvalue weighted by Crippen LogP contribution is 2.26. The van der Waals surface area contributed by atoms with Crippen molar-refractivity contribution in [3.05, 3.63) is 95.8 Å². The van der Waals surface area contributed by atoms with Gasteiger partial charge in [0, 0.05) is 6.08 Å². The summed E-state index contributed by atoms with van der Waals surface area (Å²) >= 11 is 0. The predicted molar refractivity (Wildman–Crippen MR) is 135 cm³/mol. The number of esters is 3. The zero-order valence-corrected chi connectivity index (χ0v) is 20.5. The van der Waals surface area contributed by atoms with Crippen LogP contribution in [0.1, 0.15) is 42.1 Å². The van der Waals surface area contributed by atoms with E-state index in [1.165, 1.54) is 0 Å². The van der Waals surface area contributed by atoms with Crippen LogP contribution in [0.4, 0.5) is 0 Å². The molecule has 2 aromatic carbocycles. The third-order valence-electron chi connectivity index (χ3n) is 5.45. The molecule has 0 radical (unpaired) electrons. The van der Waals surface area contributed by atoms with Gasteiger partial charge in [-0.3, -0.25) is 4.79 Å². The van der Waals surface area contributed by atoms with Crippen molar-refractivity contribution in [1.82, 2.24) is 0 Å². The Bertz CT molecular complexity index is 1140. The van der Waals surface area contributed by atoms with Crippen LogP contribution in [0.2, 0.25) is 0 Å². The number of unbranched alkanes of at least 4 members (excludes halogenated alkanes) is 1. The molecule has 0 saturated carbocycles. The van der Waals surface area contributed by atoms with Gasteiger partial charge in [-0.1, -0.05) is 30.4 Å². The lowest BCUT2D eigenvalue weighted by molar-refractivity contribution is -0.138. The van der Waals surface area contributed by atoms with Crippen LogP contribution in [0.5, 0.6) is 11.5 Å². The van der Waals surface area contributed by atoms with Crippen molar-refractivity contribution in [2.75, 3.05) is 13.2 Å². The van der Waals surface area contributed by atoms with Gasteiger partial charge in [0.05, 0.1) is 24.7 Å². The number of hydrogen-bond acceptors (Lipinski definition) is 7. The molecule has 1 aliphatic carbocycles. The lowest BCUT2D eigenvalue weighted by Crippen LogP contribution is -2.21. The van der Waals surface area contributed by atoms with Gasteiger partial charge in [-0.25, -0.2) is 9.59 Å². The molecule has 1 unspecified atom stereocenters. The second kappa shape index (κ2) is 13.1. The first-order valence-electron chi connectivity index (χ1n) is 11.8. The fourth-order valence-electron chi connectivity index (χ4n) is 3.40. The second-order valence-electron chi connectivity index (χ2n) is 8.34. The number of allylic oxidation sites excluding steroid dienone is 2. The van der Waals surface area contributed by atoms with E-state index in [9.17, 15) is 14.4 Å². The molecule has 0 spiro atoms. The van der Waals surface area contributed by atoms with Crippen molar-refractivity contribution in [2.45, 2.75) is 33.1 Å². The minimum absolute atomic E-state index is 0.317. The van der Waals surface area contributed by atoms with Gasteiger partial charge in [-0.2, -0.15) is 0 Å². The third-order valence-corrected chi connectivity index (χ3v) is 5.45. The van der Waals surface area contributed by atoms with E-state index in [-0.39, 0.29) is 5.97 Å². The topological polar surface area (TPSA) is 88.1 Å². The Morgan fingerprint density at radius 1 is 0.917 bits per heavy atom. The van der Waals surface area contributed by atoms with E-state index in [1.54, 1.807) is 55.5 Å². The lowest BCUT2D eigenvalue weighted by Gasteiger charge is -2.19. The smallest absolute Gasteiger partial charge is 0.343 e. The van der Waals surface area contributed by atoms with Gasteiger partial charge < -0.3 is 18.9 Å². The van der Waals surface area contributed by atoms with Crippen LogP contribution in [0.15, 0.2) is 84.7 Å². The molecule has 1 atom stereocenters. The van der Waals surface area contributed by atoms with Crippen LogP contribution < -0.4 is 9.47 Å². The number of carbonyl (C=O) groups excluding carboxylic acids is 3. The zero-order chi connectivity index (χ0) is 25.9. The highest BCUT2D eigenvalue weighted by Gasteiger charge is 2.24. The van der Waals surface area contributed by atoms with Crippen LogP contribution >= 0.6 is 0 Å². The molecule has 2 aromatic rings. The first kappa shape index (κ1) is 26.5. The second-order valence-corrected chi connectivity index (χ2v) is 8.34. The molecule has 7 nitrogen and oxygen atoms in total. The van der Waals surface area contributed by atoms with Crippen molar-refractivity contribution < 1.29 is 33.3 Å². The maximum absolute atomic E-state index is 12.6. The Morgan fingerprint density at radius 2 is 1.58 bits per heavy atom. The van der Waals surface area contributed by atoms with Gasteiger partial charge in [0.25, 0.3) is 0 Å². The summed E-state index contributed by atoms with van der Waals surface area (Å²) in [4.78, 5) is 36.1. The summed E-state index contributed by atoms with van der Waals surface area (Å²) in [6.45, 7) is 7.87. The standard InChI is InChI=1S/C29H30O7/c1-4-27(30)34-18-6-5-17-33-24-14-9-22(10-15-24)28(31)36-26-16-11-23(19-21(26)3)29(32)35-25-12-7-20(2)8-13-25/h4,7-10,12-16,19,23H,1,5-6,11,17-18H2,2-3H3. The van der Waals surface area contributed by atoms with Crippen LogP contribution in [-0.4, -0.2) is 31.1 Å². The van der Waals surface area contributed by atoms with E-state index in [4.69, 9.17) is 18.9 Å². The van der Waals surface area contributed by atoms with E-state index in [2.05, 4.69) is 6.58 Å². The van der Waals surface area contributed by atoms with Crippen LogP contribution in [-0.2, 0) is 19.1 Å². The molecule has 0 amide bonds. The molecule has 0 bridgehead atoms. The summed E-state index contributed by atoms with van der Waals surface area (Å²) in [6.07, 6.45) is 6.40. The van der Waals surface area contributed by atoms with E-state index in [0.29, 0.717) is 60.9 Å². The van der Waals surface area contributed by atoms with Gasteiger partial charge in [0.2, 0.25) is 0 Å². The van der Waals surface area contributed by atoms with Crippen LogP contribution in [0.3, 0.4) is 0 Å². The molecular formula is C29H30O7. The van der Waals surface area contributed by atoms with Gasteiger partial charge in [0.1, 0.15) is 17.3 Å². The highest BCUT2D eigenvalue weighted by atomic mass is 16.5. The fourth-order valence-corrected chi connectivity index (χ4v) is 3.40. The van der Waals surface area contributed by atoms with E-state index in [1.807, 2.05) is 19.1 Å². The first-order chi connectivity index (χ1) is 17.4. The Labute approximate surface area is 211 Å². The highest BCUT2D eigenvalue weighted by molar-refractivity contribution is 5.90. The average molecular weight is 491 g/mol. The third kappa shape index (κ3) is 7.98. The molecule has 0 aromatic heterocycles. The number of hydrogen-bond donors (Lipinski definition) is 0. The molecule has 1 aliphatic rings. The first-order valence-corrected chi connectivity index (χ1v) is 11.8. The molecule has 0 N–H and O–H groups in total. The van der Waals surface area contributed by atoms with E-state index < -0.39 is 17.9 Å². The lowest BCUT2D eigenvalue weighted by atomic mass is 9.95. The van der Waals surface area contributed by atoms with E-state index >= 15 is 0 Å². The molecule has 0 fully saturated rings. The molecule has 3 rings (SSSR count). The summed E-state index contributed by atoms with van der Waals surface area (Å²) in [6, 6.07) is 13.9. The molecule has 0 saturated heterocycles. The maximum Gasteiger partial charge on any atom is 0.343 e. The summed E-state index contributed by atoms with van der Waals surface area (Å²) in [5.41, 5.74) is 2.16. The van der Waals surface area contributed by atoms with Gasteiger partial charge in [-0.15, -0.1) is 0 Å². The predicted octanol–water partition coefficient (Wildman–Crippen LogP) is 5.50. The Hall–Kier alpha value is -4.13.